The number of benzene rings is 2. The van der Waals surface area contributed by atoms with Gasteiger partial charge >= 0.3 is 0 Å². The second-order valence-corrected chi connectivity index (χ2v) is 6.18. The lowest BCUT2D eigenvalue weighted by atomic mass is 10.1. The Morgan fingerprint density at radius 3 is 2.76 bits per heavy atom. The van der Waals surface area contributed by atoms with E-state index < -0.39 is 0 Å². The van der Waals surface area contributed by atoms with Crippen LogP contribution in [0.25, 0.3) is 10.9 Å². The molecular formula is C15H10BrCl2N3. The molecule has 0 radical (unpaired) electrons. The maximum absolute atomic E-state index is 6.22. The molecule has 3 N–H and O–H groups in total. The summed E-state index contributed by atoms with van der Waals surface area (Å²) in [6.07, 6.45) is 1.62. The van der Waals surface area contributed by atoms with E-state index in [1.165, 1.54) is 0 Å². The van der Waals surface area contributed by atoms with Crippen LogP contribution in [0.15, 0.2) is 47.1 Å². The quantitative estimate of drug-likeness (QED) is 0.603. The molecule has 1 heterocycles. The van der Waals surface area contributed by atoms with E-state index in [1.807, 2.05) is 30.3 Å². The summed E-state index contributed by atoms with van der Waals surface area (Å²) in [7, 11) is 0. The summed E-state index contributed by atoms with van der Waals surface area (Å²) < 4.78 is 0.947. The van der Waals surface area contributed by atoms with Crippen molar-refractivity contribution < 1.29 is 0 Å². The molecule has 2 aromatic carbocycles. The number of nitrogens with zero attached hydrogens (tertiary/aromatic N) is 1. The standard InChI is InChI=1S/C15H10BrCl2N3/c16-8-4-5-12-9(6-8)15(11(19)7-20-12)21-13-3-1-2-10(17)14(13)18/h1-7H,19H2,(H,20,21). The minimum Gasteiger partial charge on any atom is -0.396 e. The summed E-state index contributed by atoms with van der Waals surface area (Å²) in [5.74, 6) is 0. The van der Waals surface area contributed by atoms with Crippen molar-refractivity contribution in [2.75, 3.05) is 11.1 Å². The first-order valence-corrected chi connectivity index (χ1v) is 7.66. The van der Waals surface area contributed by atoms with Gasteiger partial charge in [0.25, 0.3) is 0 Å². The number of rotatable bonds is 2. The Morgan fingerprint density at radius 1 is 1.14 bits per heavy atom. The summed E-state index contributed by atoms with van der Waals surface area (Å²) in [4.78, 5) is 4.32. The van der Waals surface area contributed by atoms with E-state index in [0.717, 1.165) is 21.1 Å². The van der Waals surface area contributed by atoms with E-state index in [2.05, 4.69) is 26.2 Å². The Labute approximate surface area is 140 Å². The van der Waals surface area contributed by atoms with Crippen molar-refractivity contribution >= 4 is 67.1 Å². The van der Waals surface area contributed by atoms with Crippen molar-refractivity contribution in [1.29, 1.82) is 0 Å². The zero-order chi connectivity index (χ0) is 15.0. The zero-order valence-corrected chi connectivity index (χ0v) is 13.8. The van der Waals surface area contributed by atoms with Crippen molar-refractivity contribution in [3.05, 3.63) is 57.1 Å². The van der Waals surface area contributed by atoms with Crippen molar-refractivity contribution in [2.45, 2.75) is 0 Å². The topological polar surface area (TPSA) is 50.9 Å². The summed E-state index contributed by atoms with van der Waals surface area (Å²) in [6.45, 7) is 0. The number of nitrogens with two attached hydrogens (primary N) is 1. The average Bonchev–Trinajstić information content (AvgIpc) is 2.46. The van der Waals surface area contributed by atoms with Crippen LogP contribution in [0.5, 0.6) is 0 Å². The number of nitrogen functional groups attached to an aromatic ring is 1. The Kier molecular flexibility index (Phi) is 3.93. The van der Waals surface area contributed by atoms with Crippen LogP contribution in [0, 0.1) is 0 Å². The highest BCUT2D eigenvalue weighted by Crippen LogP contribution is 2.36. The molecule has 6 heteroatoms. The normalized spacial score (nSPS) is 10.8. The molecule has 1 aromatic heterocycles. The molecule has 0 aliphatic heterocycles. The van der Waals surface area contributed by atoms with E-state index in [-0.39, 0.29) is 0 Å². The number of hydrogen-bond acceptors (Lipinski definition) is 3. The molecule has 3 rings (SSSR count). The van der Waals surface area contributed by atoms with Gasteiger partial charge in [0.1, 0.15) is 0 Å². The molecule has 0 aliphatic rings. The van der Waals surface area contributed by atoms with Gasteiger partial charge in [-0.15, -0.1) is 0 Å². The molecule has 0 aliphatic carbocycles. The van der Waals surface area contributed by atoms with Gasteiger partial charge in [-0.2, -0.15) is 0 Å². The predicted octanol–water partition coefficient (Wildman–Crippen LogP) is 5.63. The highest BCUT2D eigenvalue weighted by Gasteiger charge is 2.10. The molecule has 0 fully saturated rings. The number of anilines is 3. The molecule has 0 saturated carbocycles. The minimum absolute atomic E-state index is 0.457. The molecule has 21 heavy (non-hydrogen) atoms. The third-order valence-corrected chi connectivity index (χ3v) is 4.38. The van der Waals surface area contributed by atoms with E-state index in [0.29, 0.717) is 21.4 Å². The lowest BCUT2D eigenvalue weighted by Crippen LogP contribution is -1.99. The summed E-state index contributed by atoms with van der Waals surface area (Å²) in [5, 5.41) is 5.10. The predicted molar refractivity (Wildman–Crippen MR) is 93.6 cm³/mol. The third-order valence-electron chi connectivity index (χ3n) is 3.07. The van der Waals surface area contributed by atoms with Crippen LogP contribution in [0.3, 0.4) is 0 Å². The van der Waals surface area contributed by atoms with E-state index in [4.69, 9.17) is 28.9 Å². The molecule has 0 saturated heterocycles. The molecule has 106 valence electrons. The smallest absolute Gasteiger partial charge is 0.0827 e. The van der Waals surface area contributed by atoms with Crippen LogP contribution >= 0.6 is 39.1 Å². The molecular weight excluding hydrogens is 373 g/mol. The molecule has 0 atom stereocenters. The maximum atomic E-state index is 6.22. The van der Waals surface area contributed by atoms with Gasteiger partial charge in [-0.3, -0.25) is 4.98 Å². The van der Waals surface area contributed by atoms with E-state index in [9.17, 15) is 0 Å². The maximum Gasteiger partial charge on any atom is 0.0827 e. The van der Waals surface area contributed by atoms with Crippen LogP contribution in [0.4, 0.5) is 17.1 Å². The lowest BCUT2D eigenvalue weighted by Gasteiger charge is -2.14. The fourth-order valence-electron chi connectivity index (χ4n) is 2.05. The van der Waals surface area contributed by atoms with Gasteiger partial charge in [-0.05, 0) is 30.3 Å². The first kappa shape index (κ1) is 14.4. The minimum atomic E-state index is 0.457. The molecule has 3 nitrogen and oxygen atoms in total. The van der Waals surface area contributed by atoms with Gasteiger partial charge in [-0.25, -0.2) is 0 Å². The monoisotopic (exact) mass is 381 g/mol. The first-order valence-electron chi connectivity index (χ1n) is 6.11. The second kappa shape index (κ2) is 5.72. The summed E-state index contributed by atoms with van der Waals surface area (Å²) in [5.41, 5.74) is 8.89. The zero-order valence-electron chi connectivity index (χ0n) is 10.7. The van der Waals surface area contributed by atoms with Crippen LogP contribution in [0.1, 0.15) is 0 Å². The Morgan fingerprint density at radius 2 is 1.95 bits per heavy atom. The number of halogens is 3. The van der Waals surface area contributed by atoms with Gasteiger partial charge in [-0.1, -0.05) is 45.2 Å². The summed E-state index contributed by atoms with van der Waals surface area (Å²) >= 11 is 15.7. The van der Waals surface area contributed by atoms with Crippen LogP contribution < -0.4 is 11.1 Å². The number of aromatic nitrogens is 1. The first-order chi connectivity index (χ1) is 10.1. The van der Waals surface area contributed by atoms with Gasteiger partial charge in [0, 0.05) is 9.86 Å². The second-order valence-electron chi connectivity index (χ2n) is 4.48. The molecule has 0 spiro atoms. The Hall–Kier alpha value is -1.49. The Bertz CT molecular complexity index is 831. The molecule has 0 unspecified atom stereocenters. The number of hydrogen-bond donors (Lipinski definition) is 2. The van der Waals surface area contributed by atoms with Crippen LogP contribution in [-0.2, 0) is 0 Å². The van der Waals surface area contributed by atoms with Crippen molar-refractivity contribution in [1.82, 2.24) is 4.98 Å². The fourth-order valence-corrected chi connectivity index (χ4v) is 2.76. The molecule has 0 bridgehead atoms. The van der Waals surface area contributed by atoms with Crippen molar-refractivity contribution in [2.24, 2.45) is 0 Å². The summed E-state index contributed by atoms with van der Waals surface area (Å²) in [6, 6.07) is 11.2. The average molecular weight is 383 g/mol. The molecule has 0 amide bonds. The molecule has 3 aromatic rings. The number of pyridine rings is 1. The number of nitrogens with one attached hydrogen (secondary N) is 1. The van der Waals surface area contributed by atoms with Crippen molar-refractivity contribution in [3.8, 4) is 0 Å². The van der Waals surface area contributed by atoms with Gasteiger partial charge in [0.05, 0.1) is 38.8 Å². The van der Waals surface area contributed by atoms with Crippen LogP contribution in [0.2, 0.25) is 10.0 Å². The fraction of sp³-hybridized carbons (Fsp3) is 0. The van der Waals surface area contributed by atoms with Gasteiger partial charge in [0.15, 0.2) is 0 Å². The highest BCUT2D eigenvalue weighted by molar-refractivity contribution is 9.10. The van der Waals surface area contributed by atoms with Crippen LogP contribution in [-0.4, -0.2) is 4.98 Å². The largest absolute Gasteiger partial charge is 0.396 e. The van der Waals surface area contributed by atoms with Gasteiger partial charge < -0.3 is 11.1 Å². The van der Waals surface area contributed by atoms with E-state index >= 15 is 0 Å². The van der Waals surface area contributed by atoms with E-state index in [1.54, 1.807) is 12.3 Å². The highest BCUT2D eigenvalue weighted by atomic mass is 79.9. The number of fused-ring (bicyclic) bond motifs is 1. The Balaban J connectivity index is 2.18. The SMILES string of the molecule is Nc1cnc2ccc(Br)cc2c1Nc1cccc(Cl)c1Cl. The lowest BCUT2D eigenvalue weighted by molar-refractivity contribution is 1.40. The van der Waals surface area contributed by atoms with Crippen molar-refractivity contribution in [3.63, 3.8) is 0 Å². The van der Waals surface area contributed by atoms with Gasteiger partial charge in [0.2, 0.25) is 0 Å². The third kappa shape index (κ3) is 2.79.